The zero-order valence-electron chi connectivity index (χ0n) is 9.64. The zero-order valence-corrected chi connectivity index (χ0v) is 9.64. The van der Waals surface area contributed by atoms with Crippen LogP contribution in [0.4, 0.5) is 0 Å². The molecule has 84 valence electrons. The molecule has 2 rings (SSSR count). The van der Waals surface area contributed by atoms with Gasteiger partial charge in [-0.05, 0) is 25.5 Å². The van der Waals surface area contributed by atoms with Crippen molar-refractivity contribution >= 4 is 0 Å². The molecule has 0 saturated heterocycles. The largest absolute Gasteiger partial charge is 0.504 e. The van der Waals surface area contributed by atoms with E-state index in [1.807, 2.05) is 41.9 Å². The average molecular weight is 216 g/mol. The number of hydrogen-bond acceptors (Lipinski definition) is 2. The van der Waals surface area contributed by atoms with E-state index in [0.29, 0.717) is 11.4 Å². The molecular formula is C13H16N2O. The monoisotopic (exact) mass is 216 g/mol. The van der Waals surface area contributed by atoms with Crippen molar-refractivity contribution in [1.82, 2.24) is 9.78 Å². The summed E-state index contributed by atoms with van der Waals surface area (Å²) in [5.74, 6) is 0.325. The fourth-order valence-corrected chi connectivity index (χ4v) is 1.81. The second kappa shape index (κ2) is 4.39. The Hall–Kier alpha value is -1.77. The van der Waals surface area contributed by atoms with Gasteiger partial charge in [0.25, 0.3) is 0 Å². The van der Waals surface area contributed by atoms with Crippen molar-refractivity contribution in [3.05, 3.63) is 41.7 Å². The van der Waals surface area contributed by atoms with Crippen molar-refractivity contribution in [3.8, 4) is 11.4 Å². The standard InChI is InChI=1S/C13H16N2O/c1-3-7-12-13(16)10(2)14-15(12)11-8-5-4-6-9-11/h4-6,8-9,16H,3,7H2,1-2H3. The molecule has 0 aliphatic rings. The van der Waals surface area contributed by atoms with E-state index < -0.39 is 0 Å². The minimum atomic E-state index is 0.325. The lowest BCUT2D eigenvalue weighted by atomic mass is 10.2. The molecule has 16 heavy (non-hydrogen) atoms. The van der Waals surface area contributed by atoms with Gasteiger partial charge in [0.1, 0.15) is 5.69 Å². The van der Waals surface area contributed by atoms with Crippen LogP contribution in [0.15, 0.2) is 30.3 Å². The van der Waals surface area contributed by atoms with E-state index >= 15 is 0 Å². The summed E-state index contributed by atoms with van der Waals surface area (Å²) in [4.78, 5) is 0. The summed E-state index contributed by atoms with van der Waals surface area (Å²) >= 11 is 0. The number of nitrogens with zero attached hydrogens (tertiary/aromatic N) is 2. The van der Waals surface area contributed by atoms with E-state index in [0.717, 1.165) is 24.2 Å². The third kappa shape index (κ3) is 1.81. The summed E-state index contributed by atoms with van der Waals surface area (Å²) in [6, 6.07) is 9.90. The first kappa shape index (κ1) is 10.7. The molecule has 0 amide bonds. The molecule has 1 aromatic carbocycles. The van der Waals surface area contributed by atoms with Gasteiger partial charge < -0.3 is 5.11 Å². The van der Waals surface area contributed by atoms with E-state index in [4.69, 9.17) is 0 Å². The fraction of sp³-hybridized carbons (Fsp3) is 0.308. The minimum absolute atomic E-state index is 0.325. The maximum atomic E-state index is 9.93. The molecule has 0 bridgehead atoms. The molecule has 0 saturated carbocycles. The summed E-state index contributed by atoms with van der Waals surface area (Å²) in [5.41, 5.74) is 2.58. The van der Waals surface area contributed by atoms with Gasteiger partial charge in [-0.2, -0.15) is 5.10 Å². The van der Waals surface area contributed by atoms with Crippen molar-refractivity contribution in [2.75, 3.05) is 0 Å². The fourth-order valence-electron chi connectivity index (χ4n) is 1.81. The van der Waals surface area contributed by atoms with Crippen LogP contribution < -0.4 is 0 Å². The summed E-state index contributed by atoms with van der Waals surface area (Å²) < 4.78 is 1.83. The van der Waals surface area contributed by atoms with Gasteiger partial charge in [0.2, 0.25) is 0 Å². The number of benzene rings is 1. The molecule has 1 heterocycles. The number of aromatic hydroxyl groups is 1. The van der Waals surface area contributed by atoms with E-state index in [1.54, 1.807) is 0 Å². The van der Waals surface area contributed by atoms with Crippen LogP contribution in [-0.2, 0) is 6.42 Å². The molecule has 0 fully saturated rings. The molecule has 0 atom stereocenters. The number of aromatic nitrogens is 2. The topological polar surface area (TPSA) is 38.1 Å². The lowest BCUT2D eigenvalue weighted by molar-refractivity contribution is 0.462. The number of aryl methyl sites for hydroxylation is 1. The second-order valence-electron chi connectivity index (χ2n) is 3.88. The summed E-state index contributed by atoms with van der Waals surface area (Å²) in [7, 11) is 0. The first-order chi connectivity index (χ1) is 7.74. The molecule has 0 radical (unpaired) electrons. The van der Waals surface area contributed by atoms with E-state index in [-0.39, 0.29) is 0 Å². The predicted octanol–water partition coefficient (Wildman–Crippen LogP) is 2.84. The molecule has 0 aliphatic heterocycles. The summed E-state index contributed by atoms with van der Waals surface area (Å²) in [5, 5.41) is 14.3. The Labute approximate surface area is 95.3 Å². The molecule has 0 unspecified atom stereocenters. The molecule has 0 aliphatic carbocycles. The van der Waals surface area contributed by atoms with Gasteiger partial charge in [-0.1, -0.05) is 31.5 Å². The molecule has 3 heteroatoms. The number of rotatable bonds is 3. The summed E-state index contributed by atoms with van der Waals surface area (Å²) in [6.45, 7) is 3.92. The van der Waals surface area contributed by atoms with Gasteiger partial charge in [-0.15, -0.1) is 0 Å². The molecular weight excluding hydrogens is 200 g/mol. The van der Waals surface area contributed by atoms with Gasteiger partial charge in [0.15, 0.2) is 5.75 Å². The highest BCUT2D eigenvalue weighted by molar-refractivity contribution is 5.40. The molecule has 1 aromatic heterocycles. The first-order valence-corrected chi connectivity index (χ1v) is 5.57. The Bertz CT molecular complexity index is 474. The van der Waals surface area contributed by atoms with Crippen LogP contribution >= 0.6 is 0 Å². The molecule has 1 N–H and O–H groups in total. The van der Waals surface area contributed by atoms with Crippen molar-refractivity contribution in [2.24, 2.45) is 0 Å². The van der Waals surface area contributed by atoms with Crippen molar-refractivity contribution in [1.29, 1.82) is 0 Å². The van der Waals surface area contributed by atoms with Crippen LogP contribution in [0, 0.1) is 6.92 Å². The van der Waals surface area contributed by atoms with Crippen LogP contribution in [0.1, 0.15) is 24.7 Å². The van der Waals surface area contributed by atoms with Gasteiger partial charge in [-0.25, -0.2) is 4.68 Å². The van der Waals surface area contributed by atoms with E-state index in [9.17, 15) is 5.11 Å². The van der Waals surface area contributed by atoms with Gasteiger partial charge in [-0.3, -0.25) is 0 Å². The second-order valence-corrected chi connectivity index (χ2v) is 3.88. The number of hydrogen-bond donors (Lipinski definition) is 1. The Balaban J connectivity index is 2.52. The van der Waals surface area contributed by atoms with Crippen LogP contribution in [0.25, 0.3) is 5.69 Å². The lowest BCUT2D eigenvalue weighted by Gasteiger charge is -2.06. The Morgan fingerprint density at radius 1 is 1.25 bits per heavy atom. The third-order valence-electron chi connectivity index (χ3n) is 2.61. The third-order valence-corrected chi connectivity index (χ3v) is 2.61. The Kier molecular flexibility index (Phi) is 2.95. The normalized spacial score (nSPS) is 10.6. The van der Waals surface area contributed by atoms with Gasteiger partial charge in [0.05, 0.1) is 11.4 Å². The highest BCUT2D eigenvalue weighted by Crippen LogP contribution is 2.25. The minimum Gasteiger partial charge on any atom is -0.504 e. The number of para-hydroxylation sites is 1. The quantitative estimate of drug-likeness (QED) is 0.856. The Morgan fingerprint density at radius 3 is 2.56 bits per heavy atom. The van der Waals surface area contributed by atoms with Gasteiger partial charge >= 0.3 is 0 Å². The highest BCUT2D eigenvalue weighted by Gasteiger charge is 2.14. The Morgan fingerprint density at radius 2 is 1.94 bits per heavy atom. The predicted molar refractivity (Wildman–Crippen MR) is 64.0 cm³/mol. The first-order valence-electron chi connectivity index (χ1n) is 5.57. The summed E-state index contributed by atoms with van der Waals surface area (Å²) in [6.07, 6.45) is 1.83. The van der Waals surface area contributed by atoms with Crippen molar-refractivity contribution in [3.63, 3.8) is 0 Å². The lowest BCUT2D eigenvalue weighted by Crippen LogP contribution is -2.01. The van der Waals surface area contributed by atoms with E-state index in [1.165, 1.54) is 0 Å². The SMILES string of the molecule is CCCc1c(O)c(C)nn1-c1ccccc1. The highest BCUT2D eigenvalue weighted by atomic mass is 16.3. The van der Waals surface area contributed by atoms with Crippen LogP contribution in [-0.4, -0.2) is 14.9 Å². The van der Waals surface area contributed by atoms with Crippen molar-refractivity contribution in [2.45, 2.75) is 26.7 Å². The zero-order chi connectivity index (χ0) is 11.5. The van der Waals surface area contributed by atoms with Crippen LogP contribution in [0.2, 0.25) is 0 Å². The maximum Gasteiger partial charge on any atom is 0.160 e. The maximum absolute atomic E-state index is 9.93. The average Bonchev–Trinajstić information content (AvgIpc) is 2.59. The molecule has 0 spiro atoms. The molecule has 2 aromatic rings. The van der Waals surface area contributed by atoms with E-state index in [2.05, 4.69) is 12.0 Å². The van der Waals surface area contributed by atoms with Crippen LogP contribution in [0.3, 0.4) is 0 Å². The van der Waals surface area contributed by atoms with Crippen LogP contribution in [0.5, 0.6) is 5.75 Å². The van der Waals surface area contributed by atoms with Gasteiger partial charge in [0, 0.05) is 0 Å². The van der Waals surface area contributed by atoms with Crippen molar-refractivity contribution < 1.29 is 5.11 Å². The smallest absolute Gasteiger partial charge is 0.160 e. The molecule has 3 nitrogen and oxygen atoms in total.